The summed E-state index contributed by atoms with van der Waals surface area (Å²) in [5.74, 6) is -0.0772. The Balaban J connectivity index is 2.73. The van der Waals surface area contributed by atoms with Gasteiger partial charge in [0, 0.05) is 0 Å². The van der Waals surface area contributed by atoms with E-state index >= 15 is 0 Å². The Morgan fingerprint density at radius 2 is 2.09 bits per heavy atom. The van der Waals surface area contributed by atoms with Crippen LogP contribution in [0.3, 0.4) is 0 Å². The first-order valence-corrected chi connectivity index (χ1v) is 3.08. The Morgan fingerprint density at radius 1 is 1.45 bits per heavy atom. The van der Waals surface area contributed by atoms with Gasteiger partial charge in [0.25, 0.3) is 0 Å². The van der Waals surface area contributed by atoms with Gasteiger partial charge in [0.15, 0.2) is 11.6 Å². The van der Waals surface area contributed by atoms with Crippen LogP contribution in [-0.2, 0) is 0 Å². The summed E-state index contributed by atoms with van der Waals surface area (Å²) in [5, 5.41) is 8.37. The number of rotatable bonds is 2. The van der Waals surface area contributed by atoms with Crippen molar-refractivity contribution in [2.75, 3.05) is 6.61 Å². The third-order valence-electron chi connectivity index (χ3n) is 1.01. The average molecular weight is 154 g/mol. The fourth-order valence-electron chi connectivity index (χ4n) is 0.566. The van der Waals surface area contributed by atoms with Gasteiger partial charge < -0.3 is 5.11 Å². The molecule has 1 aromatic rings. The normalized spacial score (nSPS) is 10.7. The maximum atomic E-state index is 12.2. The van der Waals surface area contributed by atoms with Crippen LogP contribution in [0.15, 0.2) is 18.5 Å². The predicted molar refractivity (Wildman–Crippen MR) is 38.1 cm³/mol. The van der Waals surface area contributed by atoms with Crippen LogP contribution in [0.2, 0.25) is 0 Å². The smallest absolute Gasteiger partial charge is 0.159 e. The summed E-state index contributed by atoms with van der Waals surface area (Å²) in [4.78, 5) is 7.26. The zero-order valence-electron chi connectivity index (χ0n) is 5.74. The van der Waals surface area contributed by atoms with Gasteiger partial charge in [-0.3, -0.25) is 0 Å². The lowest BCUT2D eigenvalue weighted by Gasteiger charge is -1.89. The Morgan fingerprint density at radius 3 is 2.64 bits per heavy atom. The van der Waals surface area contributed by atoms with Crippen molar-refractivity contribution in [2.24, 2.45) is 0 Å². The number of aliphatic hydroxyl groups excluding tert-OH is 1. The van der Waals surface area contributed by atoms with E-state index < -0.39 is 5.82 Å². The van der Waals surface area contributed by atoms with E-state index in [1.54, 1.807) is 0 Å². The van der Waals surface area contributed by atoms with Gasteiger partial charge in [-0.15, -0.1) is 0 Å². The minimum Gasteiger partial charge on any atom is -0.392 e. The lowest BCUT2D eigenvalue weighted by atomic mass is 10.4. The van der Waals surface area contributed by atoms with E-state index in [-0.39, 0.29) is 6.61 Å². The predicted octanol–water partition coefficient (Wildman–Crippen LogP) is 0.621. The monoisotopic (exact) mass is 154 g/mol. The molecule has 0 aliphatic rings. The molecule has 0 saturated carbocycles. The number of hydrogen-bond acceptors (Lipinski definition) is 3. The second-order valence-corrected chi connectivity index (χ2v) is 1.84. The molecule has 1 aromatic heterocycles. The maximum absolute atomic E-state index is 12.2. The molecule has 3 nitrogen and oxygen atoms in total. The van der Waals surface area contributed by atoms with Gasteiger partial charge >= 0.3 is 0 Å². The largest absolute Gasteiger partial charge is 0.392 e. The van der Waals surface area contributed by atoms with Crippen LogP contribution in [0, 0.1) is 5.82 Å². The first kappa shape index (κ1) is 7.81. The van der Waals surface area contributed by atoms with Gasteiger partial charge in [0.05, 0.1) is 19.0 Å². The number of nitrogens with zero attached hydrogens (tertiary/aromatic N) is 2. The highest BCUT2D eigenvalue weighted by atomic mass is 19.1. The summed E-state index contributed by atoms with van der Waals surface area (Å²) < 4.78 is 12.2. The van der Waals surface area contributed by atoms with Crippen molar-refractivity contribution in [2.45, 2.75) is 0 Å². The van der Waals surface area contributed by atoms with Gasteiger partial charge in [0.2, 0.25) is 0 Å². The van der Waals surface area contributed by atoms with Crippen LogP contribution >= 0.6 is 0 Å². The van der Waals surface area contributed by atoms with E-state index in [1.165, 1.54) is 12.2 Å². The summed E-state index contributed by atoms with van der Waals surface area (Å²) in [7, 11) is 0. The topological polar surface area (TPSA) is 46.0 Å². The standard InChI is InChI=1S/C7H7FN2O/c8-6-4-9-7(10-5-6)2-1-3-11/h1-2,4-5,11H,3H2/b2-1+. The molecule has 4 heteroatoms. The molecule has 0 bridgehead atoms. The lowest BCUT2D eigenvalue weighted by molar-refractivity contribution is 0.343. The quantitative estimate of drug-likeness (QED) is 0.679. The molecule has 0 unspecified atom stereocenters. The Labute approximate surface area is 63.2 Å². The van der Waals surface area contributed by atoms with Gasteiger partial charge in [-0.1, -0.05) is 6.08 Å². The van der Waals surface area contributed by atoms with E-state index in [2.05, 4.69) is 9.97 Å². The van der Waals surface area contributed by atoms with Crippen LogP contribution in [0.25, 0.3) is 6.08 Å². The molecule has 0 aromatic carbocycles. The molecule has 11 heavy (non-hydrogen) atoms. The third kappa shape index (κ3) is 2.43. The molecule has 1 heterocycles. The summed E-state index contributed by atoms with van der Waals surface area (Å²) in [6.07, 6.45) is 5.14. The van der Waals surface area contributed by atoms with Crippen molar-refractivity contribution in [1.29, 1.82) is 0 Å². The minimum atomic E-state index is -0.467. The van der Waals surface area contributed by atoms with Crippen LogP contribution in [-0.4, -0.2) is 21.7 Å². The van der Waals surface area contributed by atoms with Crippen LogP contribution < -0.4 is 0 Å². The van der Waals surface area contributed by atoms with Crippen LogP contribution in [0.1, 0.15) is 5.82 Å². The third-order valence-corrected chi connectivity index (χ3v) is 1.01. The molecule has 0 amide bonds. The molecule has 1 rings (SSSR count). The molecular formula is C7H7FN2O. The molecule has 0 atom stereocenters. The maximum Gasteiger partial charge on any atom is 0.159 e. The first-order chi connectivity index (χ1) is 5.33. The molecule has 1 N–H and O–H groups in total. The second kappa shape index (κ2) is 3.78. The summed E-state index contributed by atoms with van der Waals surface area (Å²) in [6.45, 7) is -0.0687. The molecule has 0 aliphatic carbocycles. The van der Waals surface area contributed by atoms with E-state index in [0.29, 0.717) is 5.82 Å². The average Bonchev–Trinajstić information content (AvgIpc) is 2.04. The minimum absolute atomic E-state index is 0.0687. The molecule has 0 aliphatic heterocycles. The van der Waals surface area contributed by atoms with Gasteiger partial charge in [-0.2, -0.15) is 0 Å². The van der Waals surface area contributed by atoms with Crippen LogP contribution in [0.4, 0.5) is 4.39 Å². The highest BCUT2D eigenvalue weighted by Crippen LogP contribution is 1.94. The van der Waals surface area contributed by atoms with Crippen molar-refractivity contribution in [1.82, 2.24) is 9.97 Å². The van der Waals surface area contributed by atoms with E-state index in [9.17, 15) is 4.39 Å². The summed E-state index contributed by atoms with van der Waals surface area (Å²) in [6, 6.07) is 0. The van der Waals surface area contributed by atoms with Crippen LogP contribution in [0.5, 0.6) is 0 Å². The van der Waals surface area contributed by atoms with Gasteiger partial charge in [-0.05, 0) is 6.08 Å². The van der Waals surface area contributed by atoms with Crippen molar-refractivity contribution in [3.05, 3.63) is 30.1 Å². The molecule has 58 valence electrons. The second-order valence-electron chi connectivity index (χ2n) is 1.84. The highest BCUT2D eigenvalue weighted by Gasteiger charge is 1.90. The molecule has 0 fully saturated rings. The SMILES string of the molecule is OC/C=C/c1ncc(F)cn1. The van der Waals surface area contributed by atoms with Crippen molar-refractivity contribution >= 4 is 6.08 Å². The van der Waals surface area contributed by atoms with Gasteiger partial charge in [-0.25, -0.2) is 14.4 Å². The summed E-state index contributed by atoms with van der Waals surface area (Å²) in [5.41, 5.74) is 0. The van der Waals surface area contributed by atoms with Gasteiger partial charge in [0.1, 0.15) is 0 Å². The first-order valence-electron chi connectivity index (χ1n) is 3.08. The zero-order chi connectivity index (χ0) is 8.10. The molecule has 0 radical (unpaired) electrons. The number of aromatic nitrogens is 2. The Hall–Kier alpha value is -1.29. The van der Waals surface area contributed by atoms with E-state index in [0.717, 1.165) is 12.4 Å². The number of halogens is 1. The highest BCUT2D eigenvalue weighted by molar-refractivity contribution is 5.38. The molecule has 0 spiro atoms. The Kier molecular flexibility index (Phi) is 2.68. The molecule has 0 saturated heterocycles. The van der Waals surface area contributed by atoms with Crippen molar-refractivity contribution in [3.63, 3.8) is 0 Å². The fourth-order valence-corrected chi connectivity index (χ4v) is 0.566. The zero-order valence-corrected chi connectivity index (χ0v) is 5.74. The van der Waals surface area contributed by atoms with Crippen molar-refractivity contribution < 1.29 is 9.50 Å². The molecular weight excluding hydrogens is 147 g/mol. The number of hydrogen-bond donors (Lipinski definition) is 1. The van der Waals surface area contributed by atoms with E-state index in [1.807, 2.05) is 0 Å². The van der Waals surface area contributed by atoms with Crippen molar-refractivity contribution in [3.8, 4) is 0 Å². The number of aliphatic hydroxyl groups is 1. The summed E-state index contributed by atoms with van der Waals surface area (Å²) >= 11 is 0. The fraction of sp³-hybridized carbons (Fsp3) is 0.143. The lowest BCUT2D eigenvalue weighted by Crippen LogP contribution is -1.87. The Bertz CT molecular complexity index is 245. The van der Waals surface area contributed by atoms with E-state index in [4.69, 9.17) is 5.11 Å².